The van der Waals surface area contributed by atoms with Gasteiger partial charge in [0.1, 0.15) is 11.3 Å². The molecule has 204 valence electrons. The van der Waals surface area contributed by atoms with E-state index in [9.17, 15) is 24.6 Å². The number of H-pyrrole nitrogens is 1. The number of phenolic OH excluding ortho intramolecular Hbond substituents is 1. The number of carbonyl (C=O) groups is 3. The van der Waals surface area contributed by atoms with E-state index in [-0.39, 0.29) is 23.5 Å². The fourth-order valence-corrected chi connectivity index (χ4v) is 6.22. The maximum atomic E-state index is 14.1. The highest BCUT2D eigenvalue weighted by Gasteiger charge is 2.69. The zero-order valence-electron chi connectivity index (χ0n) is 21.8. The van der Waals surface area contributed by atoms with Crippen LogP contribution in [0.5, 0.6) is 17.2 Å². The number of nitrogens with one attached hydrogen (secondary N) is 2. The van der Waals surface area contributed by atoms with Crippen molar-refractivity contribution < 1.29 is 34.1 Å². The molecule has 4 aromatic rings. The molecule has 4 atom stereocenters. The Morgan fingerprint density at radius 2 is 1.73 bits per heavy atom. The molecule has 10 nitrogen and oxygen atoms in total. The summed E-state index contributed by atoms with van der Waals surface area (Å²) in [5.74, 6) is -4.32. The summed E-state index contributed by atoms with van der Waals surface area (Å²) in [4.78, 5) is 45.6. The van der Waals surface area contributed by atoms with Crippen LogP contribution in [0.25, 0.3) is 10.9 Å². The third-order valence-electron chi connectivity index (χ3n) is 8.10. The van der Waals surface area contributed by atoms with Gasteiger partial charge in [-0.05, 0) is 42.0 Å². The van der Waals surface area contributed by atoms with Gasteiger partial charge in [0.15, 0.2) is 11.5 Å². The van der Waals surface area contributed by atoms with Crippen molar-refractivity contribution in [2.45, 2.75) is 18.0 Å². The quantitative estimate of drug-likeness (QED) is 0.261. The van der Waals surface area contributed by atoms with Crippen LogP contribution in [-0.4, -0.2) is 52.7 Å². The predicted octanol–water partition coefficient (Wildman–Crippen LogP) is 3.41. The van der Waals surface area contributed by atoms with Crippen LogP contribution in [0.4, 0.5) is 5.69 Å². The van der Waals surface area contributed by atoms with Crippen molar-refractivity contribution in [2.75, 3.05) is 19.1 Å². The predicted molar refractivity (Wildman–Crippen MR) is 145 cm³/mol. The van der Waals surface area contributed by atoms with Crippen LogP contribution in [0.15, 0.2) is 72.9 Å². The molecule has 2 aliphatic heterocycles. The minimum atomic E-state index is -1.86. The Kier molecular flexibility index (Phi) is 5.99. The summed E-state index contributed by atoms with van der Waals surface area (Å²) >= 11 is 0. The van der Waals surface area contributed by atoms with Crippen LogP contribution in [0.1, 0.15) is 17.2 Å². The second kappa shape index (κ2) is 9.42. The maximum absolute atomic E-state index is 14.1. The van der Waals surface area contributed by atoms with Gasteiger partial charge in [0, 0.05) is 35.1 Å². The van der Waals surface area contributed by atoms with E-state index in [4.69, 9.17) is 9.47 Å². The molecule has 0 unspecified atom stereocenters. The molecule has 2 saturated heterocycles. The summed E-state index contributed by atoms with van der Waals surface area (Å²) in [6.07, 6.45) is 1.65. The standard InChI is InChI=1S/C30H27N3O7/c1-39-18-12-10-17(11-13-18)33-27(35)23-24(28(33)36)30(29(37)38,14-16-15-31-21-8-4-3-6-19(16)21)32-25(23)20-7-5-9-22(40-2)26(20)34/h3-13,15,23-25,31-32,34H,14H2,1-2H3,(H,37,38)/t23-,24+,25-,30-/m0/s1. The van der Waals surface area contributed by atoms with Crippen LogP contribution in [0.3, 0.4) is 0 Å². The molecule has 0 spiro atoms. The molecule has 0 saturated carbocycles. The van der Waals surface area contributed by atoms with E-state index in [1.165, 1.54) is 14.2 Å². The normalized spacial score (nSPS) is 23.9. The smallest absolute Gasteiger partial charge is 0.325 e. The second-order valence-electron chi connectivity index (χ2n) is 10.0. The number of carboxylic acid groups (broad SMARTS) is 1. The molecule has 0 bridgehead atoms. The molecule has 2 amide bonds. The lowest BCUT2D eigenvalue weighted by Gasteiger charge is -2.31. The molecule has 3 heterocycles. The second-order valence-corrected chi connectivity index (χ2v) is 10.0. The summed E-state index contributed by atoms with van der Waals surface area (Å²) in [6, 6.07) is 17.7. The molecule has 3 aromatic carbocycles. The van der Waals surface area contributed by atoms with Gasteiger partial charge in [-0.15, -0.1) is 0 Å². The first kappa shape index (κ1) is 25.4. The number of phenols is 1. The highest BCUT2D eigenvalue weighted by atomic mass is 16.5. The summed E-state index contributed by atoms with van der Waals surface area (Å²) in [7, 11) is 2.91. The van der Waals surface area contributed by atoms with Gasteiger partial charge in [0.2, 0.25) is 11.8 Å². The number of para-hydroxylation sites is 2. The number of imide groups is 1. The van der Waals surface area contributed by atoms with Crippen LogP contribution in [0, 0.1) is 11.8 Å². The van der Waals surface area contributed by atoms with E-state index in [0.29, 0.717) is 17.0 Å². The molecule has 1 aromatic heterocycles. The van der Waals surface area contributed by atoms with E-state index >= 15 is 0 Å². The minimum Gasteiger partial charge on any atom is -0.504 e. The number of benzene rings is 3. The van der Waals surface area contributed by atoms with E-state index in [1.807, 2.05) is 24.3 Å². The van der Waals surface area contributed by atoms with E-state index in [2.05, 4.69) is 10.3 Å². The van der Waals surface area contributed by atoms with E-state index in [1.54, 1.807) is 48.7 Å². The maximum Gasteiger partial charge on any atom is 0.325 e. The lowest BCUT2D eigenvalue weighted by atomic mass is 9.76. The summed E-state index contributed by atoms with van der Waals surface area (Å²) in [5, 5.41) is 25.8. The molecule has 2 aliphatic rings. The number of aromatic nitrogens is 1. The van der Waals surface area contributed by atoms with Crippen molar-refractivity contribution in [1.82, 2.24) is 10.3 Å². The molecule has 40 heavy (non-hydrogen) atoms. The largest absolute Gasteiger partial charge is 0.504 e. The Hall–Kier alpha value is -4.83. The number of carboxylic acids is 1. The molecular formula is C30H27N3O7. The Balaban J connectivity index is 1.52. The Morgan fingerprint density at radius 1 is 0.975 bits per heavy atom. The van der Waals surface area contributed by atoms with Gasteiger partial charge >= 0.3 is 5.97 Å². The zero-order valence-corrected chi connectivity index (χ0v) is 21.8. The van der Waals surface area contributed by atoms with E-state index in [0.717, 1.165) is 15.8 Å². The number of methoxy groups -OCH3 is 2. The number of amides is 2. The molecule has 2 fully saturated rings. The summed E-state index contributed by atoms with van der Waals surface area (Å²) < 4.78 is 10.5. The lowest BCUT2D eigenvalue weighted by Crippen LogP contribution is -2.57. The average Bonchev–Trinajstić information content (AvgIpc) is 3.61. The fraction of sp³-hybridized carbons (Fsp3) is 0.233. The van der Waals surface area contributed by atoms with Crippen molar-refractivity contribution >= 4 is 34.4 Å². The van der Waals surface area contributed by atoms with Crippen LogP contribution >= 0.6 is 0 Å². The monoisotopic (exact) mass is 541 g/mol. The minimum absolute atomic E-state index is 0.0792. The van der Waals surface area contributed by atoms with Crippen molar-refractivity contribution in [3.05, 3.63) is 84.1 Å². The van der Waals surface area contributed by atoms with Gasteiger partial charge in [0.25, 0.3) is 0 Å². The number of aromatic hydroxyl groups is 1. The molecule has 4 N–H and O–H groups in total. The van der Waals surface area contributed by atoms with Crippen molar-refractivity contribution in [3.63, 3.8) is 0 Å². The lowest BCUT2D eigenvalue weighted by molar-refractivity contribution is -0.148. The first-order valence-corrected chi connectivity index (χ1v) is 12.7. The number of rotatable bonds is 7. The van der Waals surface area contributed by atoms with Gasteiger partial charge in [-0.2, -0.15) is 0 Å². The third-order valence-corrected chi connectivity index (χ3v) is 8.10. The topological polar surface area (TPSA) is 141 Å². The molecule has 6 rings (SSSR count). The number of aromatic amines is 1. The van der Waals surface area contributed by atoms with Crippen molar-refractivity contribution in [2.24, 2.45) is 11.8 Å². The number of nitrogens with zero attached hydrogens (tertiary/aromatic N) is 1. The van der Waals surface area contributed by atoms with Gasteiger partial charge in [-0.1, -0.05) is 30.3 Å². The highest BCUT2D eigenvalue weighted by molar-refractivity contribution is 6.24. The van der Waals surface area contributed by atoms with Crippen LogP contribution < -0.4 is 19.7 Å². The number of anilines is 1. The molecule has 0 aliphatic carbocycles. The number of fused-ring (bicyclic) bond motifs is 2. The Labute approximate surface area is 229 Å². The van der Waals surface area contributed by atoms with Gasteiger partial charge < -0.3 is 24.7 Å². The number of hydrogen-bond donors (Lipinski definition) is 4. The number of ether oxygens (including phenoxy) is 2. The highest BCUT2D eigenvalue weighted by Crippen LogP contribution is 2.53. The van der Waals surface area contributed by atoms with Crippen molar-refractivity contribution in [1.29, 1.82) is 0 Å². The van der Waals surface area contributed by atoms with Gasteiger partial charge in [-0.25, -0.2) is 4.90 Å². The zero-order chi connectivity index (χ0) is 28.2. The van der Waals surface area contributed by atoms with E-state index < -0.39 is 41.2 Å². The number of hydrogen-bond acceptors (Lipinski definition) is 7. The molecule has 0 radical (unpaired) electrons. The average molecular weight is 542 g/mol. The Morgan fingerprint density at radius 3 is 2.42 bits per heavy atom. The molecule has 10 heteroatoms. The third kappa shape index (κ3) is 3.64. The number of aliphatic carboxylic acids is 1. The van der Waals surface area contributed by atoms with Gasteiger partial charge in [0.05, 0.1) is 31.7 Å². The first-order valence-electron chi connectivity index (χ1n) is 12.7. The van der Waals surface area contributed by atoms with Crippen molar-refractivity contribution in [3.8, 4) is 17.2 Å². The molecular weight excluding hydrogens is 514 g/mol. The van der Waals surface area contributed by atoms with Gasteiger partial charge in [-0.3, -0.25) is 19.7 Å². The SMILES string of the molecule is COc1ccc(N2C(=O)[C@@H]3[C@H](c4cccc(OC)c4O)N[C@](Cc4c[nH]c5ccccc45)(C(=O)O)[C@H]3C2=O)cc1. The number of carbonyl (C=O) groups excluding carboxylic acids is 2. The first-order chi connectivity index (χ1) is 19.3. The van der Waals surface area contributed by atoms with Crippen LogP contribution in [-0.2, 0) is 20.8 Å². The Bertz CT molecular complexity index is 1650. The summed E-state index contributed by atoms with van der Waals surface area (Å²) in [5.41, 5.74) is 0.231. The summed E-state index contributed by atoms with van der Waals surface area (Å²) in [6.45, 7) is 0. The fourth-order valence-electron chi connectivity index (χ4n) is 6.22. The van der Waals surface area contributed by atoms with Crippen LogP contribution in [0.2, 0.25) is 0 Å².